The van der Waals surface area contributed by atoms with Crippen LogP contribution in [0.15, 0.2) is 238 Å². The van der Waals surface area contributed by atoms with Crippen LogP contribution in [0.1, 0.15) is 229 Å². The molecule has 8 aromatic heterocycles. The Morgan fingerprint density at radius 2 is 0.597 bits per heavy atom. The molecule has 20 nitrogen and oxygen atoms in total. The zero-order valence-corrected chi connectivity index (χ0v) is 85.3. The van der Waals surface area contributed by atoms with E-state index in [2.05, 4.69) is 351 Å². The first-order valence-electron chi connectivity index (χ1n) is 42.6. The monoisotopic (exact) mass is 2420 g/mol. The van der Waals surface area contributed by atoms with Gasteiger partial charge in [-0.15, -0.1) is 129 Å². The summed E-state index contributed by atoms with van der Waals surface area (Å²) in [6.07, 6.45) is 15.5. The topological polar surface area (TPSA) is 194 Å². The quantitative estimate of drug-likeness (QED) is 0.141. The average molecular weight is 2420 g/mol. The maximum Gasteiger partial charge on any atom is 2.00 e. The molecule has 4 aliphatic rings. The third-order valence-corrected chi connectivity index (χ3v) is 27.4. The third kappa shape index (κ3) is 16.7. The van der Waals surface area contributed by atoms with Crippen molar-refractivity contribution in [1.82, 2.24) is 98.0 Å². The van der Waals surface area contributed by atoms with Crippen molar-refractivity contribution in [3.8, 4) is 62.6 Å². The van der Waals surface area contributed by atoms with Crippen LogP contribution in [0.2, 0.25) is 0 Å². The summed E-state index contributed by atoms with van der Waals surface area (Å²) in [5, 5.41) is 33.7. The van der Waals surface area contributed by atoms with Crippen LogP contribution in [-0.2, 0) is 145 Å². The molecule has 0 unspecified atom stereocenters. The molecular weight excluding hydrogens is 2320 g/mol. The molecule has 24 heteroatoms. The average Bonchev–Trinajstić information content (AvgIpc) is 1.69. The maximum absolute atomic E-state index is 5.23. The number of hydrogen-bond donors (Lipinski definition) is 0. The molecular formula is C105H102N20Pt4. The van der Waals surface area contributed by atoms with Crippen molar-refractivity contribution in [3.63, 3.8) is 0 Å². The van der Waals surface area contributed by atoms with E-state index in [0.29, 0.717) is 0 Å². The molecule has 0 saturated carbocycles. The Morgan fingerprint density at radius 3 is 1.05 bits per heavy atom. The Kier molecular flexibility index (Phi) is 25.4. The zero-order chi connectivity index (χ0) is 87.9. The van der Waals surface area contributed by atoms with Crippen molar-refractivity contribution >= 4 is 0 Å². The van der Waals surface area contributed by atoms with Gasteiger partial charge in [0, 0.05) is 80.8 Å². The molecule has 17 aromatic rings. The summed E-state index contributed by atoms with van der Waals surface area (Å²) in [5.41, 5.74) is 18.4. The number of nitrogens with zero attached hydrogens (tertiary/aromatic N) is 20. The second-order valence-electron chi connectivity index (χ2n) is 38.5. The fraction of sp³-hybridized carbons (Fsp3) is 0.295. The molecule has 0 radical (unpaired) electrons. The first kappa shape index (κ1) is 94.3. The minimum Gasteiger partial charge on any atom is -0.373 e. The predicted molar refractivity (Wildman–Crippen MR) is 486 cm³/mol. The first-order chi connectivity index (χ1) is 59.3. The molecule has 0 amide bonds. The standard InChI is InChI=1S/C31H28N4.2C26H27N5.C22H20N6.4Pt/c1-30(2)24-14-10-12-22(18-24)29-33-27(20-35(29)25-15-7-6-8-16-25)31(3,4)23-13-9-11-21(17-23)28-32-26(30)19-34(28)5;1-24(2)18-9-7-12-21(15-18)31-27-17-23(29-31)26(5,6)25(3,4)19-10-8-11-20(16-19)30-14-13-22(24)28-30;1-24(2)18-9-7-11-20(15-18)30-14-13-22(28-30)26(5,6)25(3,4)19-10-8-12-21(16-19)31-17-27-23(24)29-31;1-21(2)15-7-5-9-17(11-15)28-14-24-20(26-28)22(3,4)16-8-6-10-18(12-16)27-13-23-19(21)25-27;;;;/h6-16,19-20H,1-5H3;2*7-14,17H,1-6H3;5-10,13-14H,1-4H3;;;;/q4*-2;4*+2. The van der Waals surface area contributed by atoms with Gasteiger partial charge >= 0.3 is 84.3 Å². The van der Waals surface area contributed by atoms with Crippen molar-refractivity contribution in [2.75, 3.05) is 0 Å². The van der Waals surface area contributed by atoms with E-state index in [-0.39, 0.29) is 122 Å². The van der Waals surface area contributed by atoms with Crippen molar-refractivity contribution in [2.45, 2.75) is 193 Å². The van der Waals surface area contributed by atoms with E-state index in [9.17, 15) is 0 Å². The Balaban J connectivity index is 0.000000138. The molecule has 21 rings (SSSR count). The van der Waals surface area contributed by atoms with Gasteiger partial charge in [0.05, 0.1) is 46.3 Å². The van der Waals surface area contributed by atoms with E-state index in [4.69, 9.17) is 40.6 Å². The summed E-state index contributed by atoms with van der Waals surface area (Å²) < 4.78 is 13.5. The molecule has 0 N–H and O–H groups in total. The maximum atomic E-state index is 5.23. The van der Waals surface area contributed by atoms with Gasteiger partial charge in [-0.3, -0.25) is 19.3 Å². The molecule has 0 saturated heterocycles. The van der Waals surface area contributed by atoms with Crippen molar-refractivity contribution < 1.29 is 84.3 Å². The molecule has 129 heavy (non-hydrogen) atoms. The van der Waals surface area contributed by atoms with Crippen molar-refractivity contribution in [1.29, 1.82) is 0 Å². The van der Waals surface area contributed by atoms with Crippen molar-refractivity contribution in [2.24, 2.45) is 7.05 Å². The van der Waals surface area contributed by atoms with Gasteiger partial charge in [0.15, 0.2) is 17.5 Å². The number of imidazole rings is 2. The fourth-order valence-corrected chi connectivity index (χ4v) is 16.6. The summed E-state index contributed by atoms with van der Waals surface area (Å²) in [4.78, 5) is 25.9. The first-order valence-corrected chi connectivity index (χ1v) is 42.6. The SMILES string of the molecule is CC1(C)c2[c-]c(ccc2)-n2ccc(n2)C(C)(C)C(C)(C)c2[c-]c(ccc2)-n2cnc1n2.CC1(C)c2[c-]c(ccc2)-n2cnc(n2)C(C)(C)c2[c-]c(ccc2)-n2cnc1n2.CC1(C)c2[c-]c(ccc2)-n2ncc(n2)C(C)(C)C(C)(C)c2[c-]c(ccc2)-n2ccc1n2.Cn1cc2nc1-c1[c-]c(ccc1)C(C)(C)c1cn(-c3ccccc3)c(n1)-c1[c-]c(ccc1)C2(C)C.[Pt+2].[Pt+2].[Pt+2].[Pt+2]. The summed E-state index contributed by atoms with van der Waals surface area (Å²) in [6.45, 7) is 43.7. The molecule has 4 aliphatic heterocycles. The van der Waals surface area contributed by atoms with Crippen molar-refractivity contribution in [3.05, 3.63) is 377 Å². The summed E-state index contributed by atoms with van der Waals surface area (Å²) in [7, 11) is 2.05. The second kappa shape index (κ2) is 34.8. The van der Waals surface area contributed by atoms with Gasteiger partial charge in [-0.25, -0.2) is 29.0 Å². The number of rotatable bonds is 1. The van der Waals surface area contributed by atoms with Crippen LogP contribution in [0.25, 0.3) is 62.6 Å². The Hall–Kier alpha value is -10.9. The molecule has 0 fully saturated rings. The largest absolute Gasteiger partial charge is 2.00 e. The van der Waals surface area contributed by atoms with Crippen LogP contribution < -0.4 is 0 Å². The normalized spacial score (nSPS) is 16.5. The number of hydrogen-bond acceptors (Lipinski definition) is 12. The van der Waals surface area contributed by atoms with Crippen LogP contribution in [0.3, 0.4) is 0 Å². The third-order valence-electron chi connectivity index (χ3n) is 27.4. The van der Waals surface area contributed by atoms with Gasteiger partial charge in [-0.05, 0) is 69.2 Å². The fourth-order valence-electron chi connectivity index (χ4n) is 16.6. The van der Waals surface area contributed by atoms with Crippen LogP contribution in [0, 0.1) is 48.5 Å². The summed E-state index contributed by atoms with van der Waals surface area (Å²) in [6, 6.07) is 92.8. The molecule has 32 bridgehead atoms. The number of aryl methyl sites for hydroxylation is 1. The zero-order valence-electron chi connectivity index (χ0n) is 76.2. The van der Waals surface area contributed by atoms with E-state index in [0.717, 1.165) is 153 Å². The van der Waals surface area contributed by atoms with Crippen LogP contribution in [0.4, 0.5) is 0 Å². The van der Waals surface area contributed by atoms with E-state index in [1.165, 1.54) is 0 Å². The minimum atomic E-state index is -0.411. The molecule has 9 aromatic carbocycles. The Morgan fingerprint density at radius 1 is 0.264 bits per heavy atom. The number of aromatic nitrogens is 20. The van der Waals surface area contributed by atoms with Gasteiger partial charge in [0.2, 0.25) is 0 Å². The summed E-state index contributed by atoms with van der Waals surface area (Å²) in [5.74, 6) is 4.00. The van der Waals surface area contributed by atoms with Gasteiger partial charge in [0.25, 0.3) is 0 Å². The smallest absolute Gasteiger partial charge is 0.373 e. The van der Waals surface area contributed by atoms with Crippen LogP contribution in [0.5, 0.6) is 0 Å². The van der Waals surface area contributed by atoms with Gasteiger partial charge in [0.1, 0.15) is 19.0 Å². The molecule has 662 valence electrons. The van der Waals surface area contributed by atoms with Crippen LogP contribution in [-0.4, -0.2) is 98.0 Å². The van der Waals surface area contributed by atoms with E-state index >= 15 is 0 Å². The molecule has 0 atom stereocenters. The minimum absolute atomic E-state index is 0. The molecule has 0 aliphatic carbocycles. The summed E-state index contributed by atoms with van der Waals surface area (Å²) >= 11 is 0. The van der Waals surface area contributed by atoms with Gasteiger partial charge in [-0.2, -0.15) is 161 Å². The Bertz CT molecular complexity index is 6650. The van der Waals surface area contributed by atoms with Gasteiger partial charge < -0.3 is 9.13 Å². The number of para-hydroxylation sites is 1. The van der Waals surface area contributed by atoms with E-state index < -0.39 is 16.2 Å². The number of benzene rings is 9. The number of fused-ring (bicyclic) bond motifs is 40. The van der Waals surface area contributed by atoms with Crippen LogP contribution >= 0.6 is 0 Å². The molecule has 0 spiro atoms. The Labute approximate surface area is 814 Å². The van der Waals surface area contributed by atoms with E-state index in [1.807, 2.05) is 105 Å². The molecule has 12 heterocycles. The van der Waals surface area contributed by atoms with E-state index in [1.54, 1.807) is 33.1 Å². The van der Waals surface area contributed by atoms with Gasteiger partial charge in [-0.1, -0.05) is 157 Å². The second-order valence-corrected chi connectivity index (χ2v) is 38.5. The predicted octanol–water partition coefficient (Wildman–Crippen LogP) is 19.8.